The Morgan fingerprint density at radius 1 is 0.568 bits per heavy atom. The Morgan fingerprint density at radius 3 is 1.28 bits per heavy atom. The maximum Gasteiger partial charge on any atom is 0.573 e. The first-order valence-corrected chi connectivity index (χ1v) is 34.3. The van der Waals surface area contributed by atoms with Crippen LogP contribution in [0.1, 0.15) is 122 Å². The quantitative estimate of drug-likeness (QED) is 0.0260. The molecule has 5 amide bonds. The van der Waals surface area contributed by atoms with E-state index in [9.17, 15) is 63.5 Å². The highest BCUT2D eigenvalue weighted by molar-refractivity contribution is 14.1. The molecular formula is C65H71F9IN9O10Si. The fourth-order valence-corrected chi connectivity index (χ4v) is 11.9. The van der Waals surface area contributed by atoms with Crippen molar-refractivity contribution in [2.75, 3.05) is 39.3 Å². The van der Waals surface area contributed by atoms with E-state index >= 15 is 0 Å². The summed E-state index contributed by atoms with van der Waals surface area (Å²) in [5.41, 5.74) is 12.8. The van der Waals surface area contributed by atoms with E-state index in [1.807, 2.05) is 9.13 Å². The van der Waals surface area contributed by atoms with Gasteiger partial charge in [-0.05, 0) is 161 Å². The lowest BCUT2D eigenvalue weighted by molar-refractivity contribution is -0.275. The molecule has 0 fully saturated rings. The van der Waals surface area contributed by atoms with E-state index in [0.29, 0.717) is 118 Å². The van der Waals surface area contributed by atoms with Gasteiger partial charge >= 0.3 is 31.3 Å². The molecule has 6 heterocycles. The van der Waals surface area contributed by atoms with Crippen LogP contribution in [0, 0.1) is 27.5 Å². The number of halogens is 10. The molecule has 0 spiro atoms. The predicted octanol–water partition coefficient (Wildman–Crippen LogP) is 13.0. The first-order chi connectivity index (χ1) is 44.2. The van der Waals surface area contributed by atoms with Crippen LogP contribution < -0.4 is 46.5 Å². The Bertz CT molecular complexity index is 3920. The standard InChI is InChI=1S/C26H32F3N3O4Si.C21H23F3IN3O4.C18H16F3N3O2/c1-25(2,3)36-24(34)30-12-10-18-16-31-23(33)22-15-20(21(32(18)22)11-13-37(4,5)6)17-8-7-9-19(14-17)35-26(27,28)29;1-20(2,3)32-19(30)26-8-7-13-11-27-18(29)16-10-15(17(25)28(13)16)12-5-4-6-14(9-12)31-21(22,23)24;1-2-15-14(11-4-3-5-13(8-11)26-18(19,20)21)9-16-17(25)23-10-12(6-7-22)24(15)16/h7-9,14-15,18H,10,12,16H2,1-6H3,(H,30,34)(H,31,33);4-6,9-10,13H,7-8,11H2,1-3H3,(H,26,30)(H,27,29);1,3-5,8-9,12H,6-7,10,22H2,(H,23,25). The summed E-state index contributed by atoms with van der Waals surface area (Å²) in [5, 5.41) is 13.9. The molecule has 0 saturated carbocycles. The van der Waals surface area contributed by atoms with Crippen LogP contribution in [0.3, 0.4) is 0 Å². The SMILES string of the molecule is C#Cc1c(-c2cccc(OC(F)(F)F)c2)cc2n1C(CCN)CNC2=O.CC(C)(C)OC(=O)NCCC1CNC(=O)c2cc(-c3cccc(OC(F)(F)F)c3)c(C#C[Si](C)(C)C)n21.CC(C)(C)OC(=O)NCCC1CNC(=O)c2cc(-c3cccc(OC(F)(F)F)c3)c(I)n21. The monoisotopic (exact) mass is 1460 g/mol. The molecule has 3 atom stereocenters. The molecule has 3 aromatic heterocycles. The third-order valence-electron chi connectivity index (χ3n) is 14.0. The minimum Gasteiger partial charge on any atom is -0.444 e. The van der Waals surface area contributed by atoms with E-state index in [2.05, 4.69) is 100 Å². The summed E-state index contributed by atoms with van der Waals surface area (Å²) in [6.07, 6.45) is -8.23. The van der Waals surface area contributed by atoms with Gasteiger partial charge in [-0.2, -0.15) is 0 Å². The lowest BCUT2D eigenvalue weighted by Crippen LogP contribution is -2.41. The predicted molar refractivity (Wildman–Crippen MR) is 346 cm³/mol. The van der Waals surface area contributed by atoms with E-state index in [0.717, 1.165) is 0 Å². The Balaban J connectivity index is 0.000000204. The van der Waals surface area contributed by atoms with Gasteiger partial charge in [0.2, 0.25) is 0 Å². The molecular weight excluding hydrogens is 1390 g/mol. The Hall–Kier alpha value is -8.75. The van der Waals surface area contributed by atoms with Crippen molar-refractivity contribution >= 4 is 60.6 Å². The number of nitrogens with two attached hydrogens (primary N) is 1. The molecule has 9 rings (SSSR count). The lowest BCUT2D eigenvalue weighted by atomic mass is 10.1. The summed E-state index contributed by atoms with van der Waals surface area (Å²) < 4.78 is 142. The number of benzene rings is 3. The van der Waals surface area contributed by atoms with Crippen molar-refractivity contribution in [3.63, 3.8) is 0 Å². The summed E-state index contributed by atoms with van der Waals surface area (Å²) in [6, 6.07) is 21.1. The minimum atomic E-state index is -4.83. The summed E-state index contributed by atoms with van der Waals surface area (Å²) in [6.45, 7) is 19.0. The Labute approximate surface area is 556 Å². The summed E-state index contributed by atoms with van der Waals surface area (Å²) in [7, 11) is -1.85. The molecule has 0 saturated heterocycles. The highest BCUT2D eigenvalue weighted by atomic mass is 127. The van der Waals surface area contributed by atoms with Gasteiger partial charge in [0, 0.05) is 49.4 Å². The van der Waals surface area contributed by atoms with Crippen molar-refractivity contribution in [1.82, 2.24) is 40.3 Å². The average molecular weight is 1460 g/mol. The molecule has 19 nitrogen and oxygen atoms in total. The summed E-state index contributed by atoms with van der Waals surface area (Å²) in [5.74, 6) is 3.87. The average Bonchev–Trinajstić information content (AvgIpc) is 1.65. The second-order valence-corrected chi connectivity index (χ2v) is 30.7. The number of hydrogen-bond acceptors (Lipinski definition) is 11. The zero-order valence-corrected chi connectivity index (χ0v) is 56.3. The second kappa shape index (κ2) is 29.9. The number of amides is 5. The van der Waals surface area contributed by atoms with Gasteiger partial charge in [0.1, 0.15) is 65.0 Å². The molecule has 0 aliphatic carbocycles. The van der Waals surface area contributed by atoms with Crippen molar-refractivity contribution in [2.24, 2.45) is 5.73 Å². The second-order valence-electron chi connectivity index (χ2n) is 24.9. The number of hydrogen-bond donors (Lipinski definition) is 6. The zero-order valence-electron chi connectivity index (χ0n) is 53.1. The van der Waals surface area contributed by atoms with Gasteiger partial charge in [-0.15, -0.1) is 51.5 Å². The van der Waals surface area contributed by atoms with Crippen molar-refractivity contribution in [2.45, 2.75) is 129 Å². The van der Waals surface area contributed by atoms with Gasteiger partial charge in [-0.3, -0.25) is 14.4 Å². The number of fused-ring (bicyclic) bond motifs is 3. The van der Waals surface area contributed by atoms with Gasteiger partial charge in [0.25, 0.3) is 17.7 Å². The van der Waals surface area contributed by atoms with Crippen LogP contribution in [-0.4, -0.2) is 121 Å². The van der Waals surface area contributed by atoms with Crippen LogP contribution in [-0.2, 0) is 9.47 Å². The van der Waals surface area contributed by atoms with E-state index in [4.69, 9.17) is 21.6 Å². The number of rotatable bonds is 14. The van der Waals surface area contributed by atoms with E-state index in [1.54, 1.807) is 82.5 Å². The number of carbonyl (C=O) groups is 5. The Morgan fingerprint density at radius 2 is 0.916 bits per heavy atom. The van der Waals surface area contributed by atoms with Gasteiger partial charge in [-0.1, -0.05) is 67.9 Å². The zero-order chi connectivity index (χ0) is 70.2. The molecule has 30 heteroatoms. The van der Waals surface area contributed by atoms with E-state index in [-0.39, 0.29) is 59.6 Å². The van der Waals surface area contributed by atoms with Crippen molar-refractivity contribution in [3.05, 3.63) is 123 Å². The van der Waals surface area contributed by atoms with Gasteiger partial charge in [0.15, 0.2) is 0 Å². The molecule has 0 radical (unpaired) electrons. The molecule has 95 heavy (non-hydrogen) atoms. The number of carbonyl (C=O) groups excluding carboxylic acids is 5. The highest BCUT2D eigenvalue weighted by Gasteiger charge is 2.37. The fourth-order valence-electron chi connectivity index (χ4n) is 10.3. The first-order valence-electron chi connectivity index (χ1n) is 29.7. The number of alkyl halides is 9. The number of nitrogens with zero attached hydrogens (tertiary/aromatic N) is 3. The van der Waals surface area contributed by atoms with Crippen LogP contribution >= 0.6 is 22.6 Å². The number of ether oxygens (including phenoxy) is 5. The number of nitrogens with one attached hydrogen (secondary N) is 5. The van der Waals surface area contributed by atoms with Crippen molar-refractivity contribution in [3.8, 4) is 74.4 Å². The number of terminal acetylenes is 1. The Kier molecular flexibility index (Phi) is 23.2. The summed E-state index contributed by atoms with van der Waals surface area (Å²) >= 11 is 2.08. The lowest BCUT2D eigenvalue weighted by Gasteiger charge is -2.28. The largest absolute Gasteiger partial charge is 0.573 e. The van der Waals surface area contributed by atoms with Crippen molar-refractivity contribution in [1.29, 1.82) is 0 Å². The maximum atomic E-state index is 12.8. The number of aromatic nitrogens is 3. The van der Waals surface area contributed by atoms with Crippen LogP contribution in [0.5, 0.6) is 17.2 Å². The third kappa shape index (κ3) is 20.9. The van der Waals surface area contributed by atoms with Crippen LogP contribution in [0.4, 0.5) is 49.1 Å². The summed E-state index contributed by atoms with van der Waals surface area (Å²) in [4.78, 5) is 61.4. The van der Waals surface area contributed by atoms with Crippen molar-refractivity contribution < 1.29 is 87.2 Å². The highest BCUT2D eigenvalue weighted by Crippen LogP contribution is 2.39. The van der Waals surface area contributed by atoms with Gasteiger partial charge in [-0.25, -0.2) is 9.59 Å². The maximum absolute atomic E-state index is 12.8. The third-order valence-corrected chi connectivity index (χ3v) is 15.9. The molecule has 3 aromatic carbocycles. The number of alkyl carbamates (subject to hydrolysis) is 2. The molecule has 7 N–H and O–H groups in total. The molecule has 510 valence electrons. The smallest absolute Gasteiger partial charge is 0.444 e. The van der Waals surface area contributed by atoms with Crippen LogP contribution in [0.2, 0.25) is 19.6 Å². The molecule has 6 aromatic rings. The fraction of sp³-hybridized carbons (Fsp3) is 0.400. The topological polar surface area (TPSA) is 232 Å². The first kappa shape index (κ1) is 73.7. The van der Waals surface area contributed by atoms with Crippen LogP contribution in [0.25, 0.3) is 33.4 Å². The molecule has 0 bridgehead atoms. The molecule has 3 aliphatic rings. The van der Waals surface area contributed by atoms with Crippen LogP contribution in [0.15, 0.2) is 91.0 Å². The van der Waals surface area contributed by atoms with Gasteiger partial charge in [0.05, 0.1) is 21.8 Å². The van der Waals surface area contributed by atoms with Gasteiger partial charge < -0.3 is 69.7 Å². The normalized spacial score (nSPS) is 16.1. The van der Waals surface area contributed by atoms with E-state index < -0.39 is 50.5 Å². The molecule has 3 aliphatic heterocycles. The van der Waals surface area contributed by atoms with E-state index in [1.165, 1.54) is 54.6 Å². The molecule has 3 unspecified atom stereocenters. The minimum absolute atomic E-state index is 0.109.